The molecule has 0 aromatic heterocycles. The Bertz CT molecular complexity index is 267. The topological polar surface area (TPSA) is 37.3 Å². The van der Waals surface area contributed by atoms with Crippen molar-refractivity contribution < 1.29 is 9.90 Å². The van der Waals surface area contributed by atoms with Gasteiger partial charge in [0.25, 0.3) is 0 Å². The van der Waals surface area contributed by atoms with Crippen molar-refractivity contribution in [3.63, 3.8) is 0 Å². The van der Waals surface area contributed by atoms with Crippen LogP contribution in [0.4, 0.5) is 0 Å². The van der Waals surface area contributed by atoms with Crippen LogP contribution in [0.1, 0.15) is 84.0 Å². The molecule has 0 aromatic rings. The smallest absolute Gasteiger partial charge is 0.303 e. The summed E-state index contributed by atoms with van der Waals surface area (Å²) < 4.78 is 0. The molecule has 0 aliphatic heterocycles. The number of hydrogen-bond donors (Lipinski definition) is 1. The molecule has 0 saturated heterocycles. The monoisotopic (exact) mass is 280 g/mol. The summed E-state index contributed by atoms with van der Waals surface area (Å²) in [6.45, 7) is 2.17. The molecule has 0 aromatic carbocycles. The number of rotatable bonds is 14. The van der Waals surface area contributed by atoms with Gasteiger partial charge < -0.3 is 5.11 Å². The molecule has 1 N–H and O–H groups in total. The quantitative estimate of drug-likeness (QED) is 0.318. The highest BCUT2D eigenvalue weighted by atomic mass is 16.4. The Morgan fingerprint density at radius 3 is 1.70 bits per heavy atom. The van der Waals surface area contributed by atoms with Gasteiger partial charge in [-0.1, -0.05) is 50.5 Å². The average Bonchev–Trinajstić information content (AvgIpc) is 2.43. The zero-order valence-corrected chi connectivity index (χ0v) is 13.2. The fourth-order valence-electron chi connectivity index (χ4n) is 2.11. The van der Waals surface area contributed by atoms with Crippen LogP contribution in [0.25, 0.3) is 0 Å². The van der Waals surface area contributed by atoms with E-state index in [1.54, 1.807) is 0 Å². The molecular weight excluding hydrogens is 248 g/mol. The van der Waals surface area contributed by atoms with E-state index >= 15 is 0 Å². The number of allylic oxidation sites excluding steroid dienone is 4. The Balaban J connectivity index is 3.12. The first-order valence-electron chi connectivity index (χ1n) is 8.29. The molecule has 0 atom stereocenters. The molecule has 0 saturated carbocycles. The van der Waals surface area contributed by atoms with Gasteiger partial charge in [0, 0.05) is 6.42 Å². The highest BCUT2D eigenvalue weighted by Gasteiger charge is 1.95. The second kappa shape index (κ2) is 16.0. The minimum Gasteiger partial charge on any atom is -0.481 e. The summed E-state index contributed by atoms with van der Waals surface area (Å²) in [5, 5.41) is 8.50. The molecule has 0 heterocycles. The lowest BCUT2D eigenvalue weighted by Gasteiger charge is -1.97. The predicted molar refractivity (Wildman–Crippen MR) is 87.0 cm³/mol. The SMILES string of the molecule is CC/C=C\CCCCC/C=C\CCCCCCC(=O)O. The zero-order valence-electron chi connectivity index (χ0n) is 13.2. The third-order valence-corrected chi connectivity index (χ3v) is 3.32. The minimum absolute atomic E-state index is 0.323. The van der Waals surface area contributed by atoms with Crippen molar-refractivity contribution in [2.75, 3.05) is 0 Å². The lowest BCUT2D eigenvalue weighted by molar-refractivity contribution is -0.137. The second-order valence-electron chi connectivity index (χ2n) is 5.34. The summed E-state index contributed by atoms with van der Waals surface area (Å²) in [6, 6.07) is 0. The molecule has 2 heteroatoms. The third-order valence-electron chi connectivity index (χ3n) is 3.32. The van der Waals surface area contributed by atoms with E-state index in [1.165, 1.54) is 38.5 Å². The zero-order chi connectivity index (χ0) is 14.9. The molecule has 0 amide bonds. The van der Waals surface area contributed by atoms with E-state index in [0.717, 1.165) is 32.1 Å². The molecule has 0 spiro atoms. The summed E-state index contributed by atoms with van der Waals surface area (Å²) in [6.07, 6.45) is 22.3. The fourth-order valence-corrected chi connectivity index (χ4v) is 2.11. The predicted octanol–water partition coefficient (Wildman–Crippen LogP) is 5.88. The molecule has 0 bridgehead atoms. The van der Waals surface area contributed by atoms with Crippen molar-refractivity contribution in [3.05, 3.63) is 24.3 Å². The van der Waals surface area contributed by atoms with Crippen LogP contribution in [0.15, 0.2) is 24.3 Å². The summed E-state index contributed by atoms with van der Waals surface area (Å²) in [4.78, 5) is 10.3. The van der Waals surface area contributed by atoms with Crippen LogP contribution < -0.4 is 0 Å². The molecule has 20 heavy (non-hydrogen) atoms. The molecule has 2 nitrogen and oxygen atoms in total. The Morgan fingerprint density at radius 2 is 1.20 bits per heavy atom. The van der Waals surface area contributed by atoms with Gasteiger partial charge >= 0.3 is 5.97 Å². The van der Waals surface area contributed by atoms with E-state index in [2.05, 4.69) is 31.2 Å². The Kier molecular flexibility index (Phi) is 15.2. The minimum atomic E-state index is -0.671. The van der Waals surface area contributed by atoms with Gasteiger partial charge in [-0.15, -0.1) is 0 Å². The van der Waals surface area contributed by atoms with Gasteiger partial charge in [-0.3, -0.25) is 4.79 Å². The number of carboxylic acids is 1. The van der Waals surface area contributed by atoms with Gasteiger partial charge in [0.2, 0.25) is 0 Å². The molecule has 0 radical (unpaired) electrons. The second-order valence-corrected chi connectivity index (χ2v) is 5.34. The maximum absolute atomic E-state index is 10.3. The van der Waals surface area contributed by atoms with Crippen LogP contribution in [0.3, 0.4) is 0 Å². The molecule has 0 unspecified atom stereocenters. The lowest BCUT2D eigenvalue weighted by atomic mass is 10.1. The standard InChI is InChI=1S/C18H32O2/c1-2-3-4-5-6-7-8-9-10-11-12-13-14-15-16-17-18(19)20/h3-4,10-11H,2,5-9,12-17H2,1H3,(H,19,20)/b4-3-,11-10-. The first-order chi connectivity index (χ1) is 9.77. The average molecular weight is 280 g/mol. The highest BCUT2D eigenvalue weighted by molar-refractivity contribution is 5.66. The summed E-state index contributed by atoms with van der Waals surface area (Å²) in [5.74, 6) is -0.671. The fraction of sp³-hybridized carbons (Fsp3) is 0.722. The van der Waals surface area contributed by atoms with Crippen LogP contribution in [0, 0.1) is 0 Å². The number of aliphatic carboxylic acids is 1. The molecule has 0 aliphatic rings. The maximum atomic E-state index is 10.3. The lowest BCUT2D eigenvalue weighted by Crippen LogP contribution is -1.93. The van der Waals surface area contributed by atoms with E-state index in [4.69, 9.17) is 5.11 Å². The Labute approximate surface area is 125 Å². The molecular formula is C18H32O2. The van der Waals surface area contributed by atoms with Crippen molar-refractivity contribution in [1.82, 2.24) is 0 Å². The van der Waals surface area contributed by atoms with E-state index in [9.17, 15) is 4.79 Å². The van der Waals surface area contributed by atoms with Crippen molar-refractivity contribution in [2.45, 2.75) is 84.0 Å². The van der Waals surface area contributed by atoms with E-state index in [0.29, 0.717) is 6.42 Å². The van der Waals surface area contributed by atoms with Crippen LogP contribution in [0.2, 0.25) is 0 Å². The number of carbonyl (C=O) groups is 1. The van der Waals surface area contributed by atoms with Gasteiger partial charge in [-0.05, 0) is 51.4 Å². The van der Waals surface area contributed by atoms with Crippen molar-refractivity contribution in [1.29, 1.82) is 0 Å². The molecule has 0 rings (SSSR count). The van der Waals surface area contributed by atoms with Crippen LogP contribution in [0.5, 0.6) is 0 Å². The van der Waals surface area contributed by atoms with E-state index in [1.807, 2.05) is 0 Å². The highest BCUT2D eigenvalue weighted by Crippen LogP contribution is 2.08. The van der Waals surface area contributed by atoms with Crippen molar-refractivity contribution >= 4 is 5.97 Å². The molecule has 116 valence electrons. The summed E-state index contributed by atoms with van der Waals surface area (Å²) >= 11 is 0. The molecule has 0 aliphatic carbocycles. The van der Waals surface area contributed by atoms with Gasteiger partial charge in [-0.2, -0.15) is 0 Å². The number of carboxylic acid groups (broad SMARTS) is 1. The van der Waals surface area contributed by atoms with Crippen molar-refractivity contribution in [3.8, 4) is 0 Å². The number of hydrogen-bond acceptors (Lipinski definition) is 1. The normalized spacial score (nSPS) is 11.7. The van der Waals surface area contributed by atoms with Gasteiger partial charge in [0.05, 0.1) is 0 Å². The maximum Gasteiger partial charge on any atom is 0.303 e. The first-order valence-corrected chi connectivity index (χ1v) is 8.29. The van der Waals surface area contributed by atoms with Crippen LogP contribution in [-0.4, -0.2) is 11.1 Å². The largest absolute Gasteiger partial charge is 0.481 e. The first kappa shape index (κ1) is 18.9. The van der Waals surface area contributed by atoms with E-state index < -0.39 is 5.97 Å². The summed E-state index contributed by atoms with van der Waals surface area (Å²) in [7, 11) is 0. The third kappa shape index (κ3) is 16.9. The summed E-state index contributed by atoms with van der Waals surface area (Å²) in [5.41, 5.74) is 0. The van der Waals surface area contributed by atoms with Gasteiger partial charge in [0.1, 0.15) is 0 Å². The van der Waals surface area contributed by atoms with E-state index in [-0.39, 0.29) is 0 Å². The Hall–Kier alpha value is -1.05. The Morgan fingerprint density at radius 1 is 0.750 bits per heavy atom. The number of unbranched alkanes of at least 4 members (excludes halogenated alkanes) is 8. The van der Waals surface area contributed by atoms with Gasteiger partial charge in [-0.25, -0.2) is 0 Å². The van der Waals surface area contributed by atoms with Gasteiger partial charge in [0.15, 0.2) is 0 Å². The molecule has 0 fully saturated rings. The van der Waals surface area contributed by atoms with Crippen LogP contribution >= 0.6 is 0 Å². The van der Waals surface area contributed by atoms with Crippen LogP contribution in [-0.2, 0) is 4.79 Å². The van der Waals surface area contributed by atoms with Crippen molar-refractivity contribution in [2.24, 2.45) is 0 Å².